The van der Waals surface area contributed by atoms with Gasteiger partial charge in [-0.1, -0.05) is 13.0 Å². The fraction of sp³-hybridized carbons (Fsp3) is 0.467. The zero-order valence-corrected chi connectivity index (χ0v) is 12.8. The third-order valence-electron chi connectivity index (χ3n) is 4.04. The summed E-state index contributed by atoms with van der Waals surface area (Å²) in [4.78, 5) is 22.4. The molecular formula is C15H20N6O. The summed E-state index contributed by atoms with van der Waals surface area (Å²) in [5.41, 5.74) is 1.04. The molecule has 0 aromatic carbocycles. The lowest BCUT2D eigenvalue weighted by atomic mass is 10.0. The first kappa shape index (κ1) is 14.6. The van der Waals surface area contributed by atoms with Crippen molar-refractivity contribution in [3.63, 3.8) is 0 Å². The highest BCUT2D eigenvalue weighted by Crippen LogP contribution is 2.31. The first-order valence-corrected chi connectivity index (χ1v) is 7.48. The second-order valence-electron chi connectivity index (χ2n) is 5.48. The lowest BCUT2D eigenvalue weighted by Crippen LogP contribution is -2.35. The lowest BCUT2D eigenvalue weighted by Gasteiger charge is -2.25. The molecule has 3 heterocycles. The number of nitrogens with zero attached hydrogens (tertiary/aromatic N) is 4. The highest BCUT2D eigenvalue weighted by molar-refractivity contribution is 5.80. The molecule has 0 radical (unpaired) electrons. The van der Waals surface area contributed by atoms with Gasteiger partial charge in [-0.15, -0.1) is 0 Å². The molecule has 2 aromatic rings. The fourth-order valence-electron chi connectivity index (χ4n) is 2.86. The van der Waals surface area contributed by atoms with Crippen LogP contribution in [0.2, 0.25) is 0 Å². The predicted molar refractivity (Wildman–Crippen MR) is 80.8 cm³/mol. The van der Waals surface area contributed by atoms with Crippen LogP contribution in [0.1, 0.15) is 36.6 Å². The van der Waals surface area contributed by atoms with Gasteiger partial charge in [0.05, 0.1) is 12.6 Å². The number of amides is 1. The van der Waals surface area contributed by atoms with Crippen LogP contribution in [0.25, 0.3) is 0 Å². The second-order valence-corrected chi connectivity index (χ2v) is 5.48. The Bertz CT molecular complexity index is 640. The topological polar surface area (TPSA) is 86.8 Å². The van der Waals surface area contributed by atoms with Gasteiger partial charge in [-0.2, -0.15) is 5.10 Å². The van der Waals surface area contributed by atoms with Gasteiger partial charge in [0, 0.05) is 38.3 Å². The van der Waals surface area contributed by atoms with E-state index in [-0.39, 0.29) is 18.0 Å². The van der Waals surface area contributed by atoms with Crippen LogP contribution < -0.4 is 5.32 Å². The maximum Gasteiger partial charge on any atom is 0.224 e. The molecule has 2 aromatic heterocycles. The third kappa shape index (κ3) is 2.85. The van der Waals surface area contributed by atoms with Crippen molar-refractivity contribution < 1.29 is 4.79 Å². The summed E-state index contributed by atoms with van der Waals surface area (Å²) < 4.78 is 0. The highest BCUT2D eigenvalue weighted by atomic mass is 16.2. The quantitative estimate of drug-likeness (QED) is 0.854. The maximum atomic E-state index is 12.1. The molecule has 3 rings (SSSR count). The van der Waals surface area contributed by atoms with Gasteiger partial charge in [0.15, 0.2) is 0 Å². The molecule has 0 bridgehead atoms. The Morgan fingerprint density at radius 1 is 1.50 bits per heavy atom. The summed E-state index contributed by atoms with van der Waals surface area (Å²) in [6, 6.07) is 3.93. The standard InChI is InChI=1S/C15H20N6O/c1-3-12-18-13(20-19-12)9-17-11-7-14(22)21(2)15(11)10-5-4-6-16-8-10/h4-6,8,11,15,17H,3,7,9H2,1-2H3,(H,18,19,20)/t11-,15+/m1/s1. The first-order chi connectivity index (χ1) is 10.7. The molecule has 0 unspecified atom stereocenters. The van der Waals surface area contributed by atoms with Crippen molar-refractivity contribution in [2.24, 2.45) is 0 Å². The van der Waals surface area contributed by atoms with E-state index in [1.807, 2.05) is 32.3 Å². The third-order valence-corrected chi connectivity index (χ3v) is 4.04. The number of nitrogens with one attached hydrogen (secondary N) is 2. The van der Waals surface area contributed by atoms with E-state index in [0.29, 0.717) is 13.0 Å². The number of carbonyl (C=O) groups excluding carboxylic acids is 1. The number of aryl methyl sites for hydroxylation is 1. The van der Waals surface area contributed by atoms with Crippen molar-refractivity contribution in [2.75, 3.05) is 7.05 Å². The van der Waals surface area contributed by atoms with E-state index in [1.165, 1.54) is 0 Å². The molecular weight excluding hydrogens is 280 g/mol. The lowest BCUT2D eigenvalue weighted by molar-refractivity contribution is -0.127. The number of H-pyrrole nitrogens is 1. The molecule has 2 atom stereocenters. The van der Waals surface area contributed by atoms with Crippen molar-refractivity contribution in [1.82, 2.24) is 30.4 Å². The molecule has 1 aliphatic rings. The van der Waals surface area contributed by atoms with Crippen LogP contribution >= 0.6 is 0 Å². The van der Waals surface area contributed by atoms with E-state index in [1.54, 1.807) is 11.1 Å². The minimum atomic E-state index is -0.00485. The minimum absolute atomic E-state index is 0.00485. The molecule has 1 saturated heterocycles. The normalized spacial score (nSPS) is 21.5. The Morgan fingerprint density at radius 2 is 2.36 bits per heavy atom. The molecule has 116 valence electrons. The van der Waals surface area contributed by atoms with Crippen molar-refractivity contribution in [1.29, 1.82) is 0 Å². The number of hydrogen-bond acceptors (Lipinski definition) is 5. The number of rotatable bonds is 5. The molecule has 0 spiro atoms. The number of aromatic nitrogens is 4. The Hall–Kier alpha value is -2.28. The van der Waals surface area contributed by atoms with Gasteiger partial charge >= 0.3 is 0 Å². The van der Waals surface area contributed by atoms with Gasteiger partial charge in [-0.3, -0.25) is 14.9 Å². The summed E-state index contributed by atoms with van der Waals surface area (Å²) in [6.45, 7) is 2.58. The van der Waals surface area contributed by atoms with Crippen molar-refractivity contribution in [2.45, 2.75) is 38.4 Å². The SMILES string of the molecule is CCc1n[nH]c(CN[C@@H]2CC(=O)N(C)[C@H]2c2cccnc2)n1. The van der Waals surface area contributed by atoms with E-state index in [2.05, 4.69) is 25.5 Å². The summed E-state index contributed by atoms with van der Waals surface area (Å²) in [5, 5.41) is 10.5. The van der Waals surface area contributed by atoms with Crippen molar-refractivity contribution >= 4 is 5.91 Å². The monoisotopic (exact) mass is 300 g/mol. The van der Waals surface area contributed by atoms with Crippen molar-refractivity contribution in [3.05, 3.63) is 41.7 Å². The van der Waals surface area contributed by atoms with E-state index >= 15 is 0 Å². The molecule has 2 N–H and O–H groups in total. The Labute approximate surface area is 129 Å². The first-order valence-electron chi connectivity index (χ1n) is 7.48. The zero-order valence-electron chi connectivity index (χ0n) is 12.8. The molecule has 0 aliphatic carbocycles. The summed E-state index contributed by atoms with van der Waals surface area (Å²) in [6.07, 6.45) is 4.84. The largest absolute Gasteiger partial charge is 0.337 e. The second kappa shape index (κ2) is 6.23. The minimum Gasteiger partial charge on any atom is -0.337 e. The average Bonchev–Trinajstić information content (AvgIpc) is 3.11. The van der Waals surface area contributed by atoms with Crippen molar-refractivity contribution in [3.8, 4) is 0 Å². The summed E-state index contributed by atoms with van der Waals surface area (Å²) in [5.74, 6) is 1.74. The molecule has 1 aliphatic heterocycles. The van der Waals surface area contributed by atoms with Gasteiger partial charge in [0.25, 0.3) is 0 Å². The fourth-order valence-corrected chi connectivity index (χ4v) is 2.86. The number of pyridine rings is 1. The van der Waals surface area contributed by atoms with Crippen LogP contribution in [0.5, 0.6) is 0 Å². The molecule has 22 heavy (non-hydrogen) atoms. The van der Waals surface area contributed by atoms with E-state index in [4.69, 9.17) is 0 Å². The molecule has 1 fully saturated rings. The van der Waals surface area contributed by atoms with Crippen LogP contribution in [0.15, 0.2) is 24.5 Å². The average molecular weight is 300 g/mol. The Morgan fingerprint density at radius 3 is 3.05 bits per heavy atom. The maximum absolute atomic E-state index is 12.1. The number of carbonyl (C=O) groups is 1. The van der Waals surface area contributed by atoms with Crippen LogP contribution in [0.4, 0.5) is 0 Å². The predicted octanol–water partition coefficient (Wildman–Crippen LogP) is 0.824. The van der Waals surface area contributed by atoms with Crippen LogP contribution in [-0.2, 0) is 17.8 Å². The smallest absolute Gasteiger partial charge is 0.224 e. The summed E-state index contributed by atoms with van der Waals surface area (Å²) >= 11 is 0. The van der Waals surface area contributed by atoms with Gasteiger partial charge in [0.2, 0.25) is 5.91 Å². The van der Waals surface area contributed by atoms with Crippen LogP contribution in [0.3, 0.4) is 0 Å². The highest BCUT2D eigenvalue weighted by Gasteiger charge is 2.38. The van der Waals surface area contributed by atoms with Crippen LogP contribution in [-0.4, -0.2) is 44.1 Å². The Balaban J connectivity index is 1.72. The van der Waals surface area contributed by atoms with Gasteiger partial charge in [-0.05, 0) is 11.6 Å². The number of hydrogen-bond donors (Lipinski definition) is 2. The molecule has 1 amide bonds. The Kier molecular flexibility index (Phi) is 4.15. The zero-order chi connectivity index (χ0) is 15.5. The number of aromatic amines is 1. The summed E-state index contributed by atoms with van der Waals surface area (Å²) in [7, 11) is 1.84. The molecule has 0 saturated carbocycles. The molecule has 7 nitrogen and oxygen atoms in total. The van der Waals surface area contributed by atoms with Gasteiger partial charge in [0.1, 0.15) is 11.6 Å². The van der Waals surface area contributed by atoms with Gasteiger partial charge < -0.3 is 10.2 Å². The van der Waals surface area contributed by atoms with E-state index < -0.39 is 0 Å². The van der Waals surface area contributed by atoms with Gasteiger partial charge in [-0.25, -0.2) is 4.98 Å². The van der Waals surface area contributed by atoms with E-state index in [9.17, 15) is 4.79 Å². The van der Waals surface area contributed by atoms with Crippen LogP contribution in [0, 0.1) is 0 Å². The van der Waals surface area contributed by atoms with E-state index in [0.717, 1.165) is 23.6 Å². The molecule has 7 heteroatoms. The number of likely N-dealkylation sites (N-methyl/N-ethyl adjacent to an activating group) is 1. The number of likely N-dealkylation sites (tertiary alicyclic amines) is 1.